The van der Waals surface area contributed by atoms with E-state index in [2.05, 4.69) is 15.3 Å². The second kappa shape index (κ2) is 7.17. The molecule has 0 aliphatic heterocycles. The highest BCUT2D eigenvalue weighted by Gasteiger charge is 2.20. The van der Waals surface area contributed by atoms with Crippen molar-refractivity contribution >= 4 is 33.1 Å². The number of amides is 1. The monoisotopic (exact) mass is 374 g/mol. The molecule has 5 nitrogen and oxygen atoms in total. The van der Waals surface area contributed by atoms with Gasteiger partial charge in [-0.1, -0.05) is 36.4 Å². The normalized spacial score (nSPS) is 10.9. The molecule has 0 spiro atoms. The summed E-state index contributed by atoms with van der Waals surface area (Å²) in [4.78, 5) is 22.6. The lowest BCUT2D eigenvalue weighted by Crippen LogP contribution is -2.22. The van der Waals surface area contributed by atoms with Crippen LogP contribution in [0, 0.1) is 6.92 Å². The van der Waals surface area contributed by atoms with E-state index in [4.69, 9.17) is 5.73 Å². The van der Waals surface area contributed by atoms with E-state index in [1.165, 1.54) is 11.3 Å². The topological polar surface area (TPSA) is 80.9 Å². The lowest BCUT2D eigenvalue weighted by Gasteiger charge is -2.07. The third kappa shape index (κ3) is 3.39. The number of thiophene rings is 1. The number of benzene rings is 1. The predicted molar refractivity (Wildman–Crippen MR) is 110 cm³/mol. The third-order valence-electron chi connectivity index (χ3n) is 4.29. The molecule has 0 fully saturated rings. The number of anilines is 1. The van der Waals surface area contributed by atoms with Gasteiger partial charge in [-0.3, -0.25) is 9.78 Å². The van der Waals surface area contributed by atoms with Gasteiger partial charge in [-0.05, 0) is 35.7 Å². The van der Waals surface area contributed by atoms with Crippen molar-refractivity contribution in [2.75, 3.05) is 5.73 Å². The highest BCUT2D eigenvalue weighted by Crippen LogP contribution is 2.39. The number of carbonyl (C=O) groups excluding carboxylic acids is 1. The van der Waals surface area contributed by atoms with Crippen molar-refractivity contribution in [2.45, 2.75) is 13.5 Å². The van der Waals surface area contributed by atoms with Crippen LogP contribution < -0.4 is 11.1 Å². The summed E-state index contributed by atoms with van der Waals surface area (Å²) in [6.45, 7) is 2.35. The van der Waals surface area contributed by atoms with E-state index >= 15 is 0 Å². The number of nitrogens with two attached hydrogens (primary N) is 1. The van der Waals surface area contributed by atoms with Crippen molar-refractivity contribution in [2.24, 2.45) is 0 Å². The molecule has 3 N–H and O–H groups in total. The van der Waals surface area contributed by atoms with Gasteiger partial charge in [0, 0.05) is 30.0 Å². The Morgan fingerprint density at radius 3 is 2.74 bits per heavy atom. The number of nitrogens with zero attached hydrogens (tertiary/aromatic N) is 2. The zero-order valence-corrected chi connectivity index (χ0v) is 15.6. The van der Waals surface area contributed by atoms with Crippen LogP contribution in [0.25, 0.3) is 21.3 Å². The second-order valence-corrected chi connectivity index (χ2v) is 7.25. The number of aromatic nitrogens is 2. The van der Waals surface area contributed by atoms with Gasteiger partial charge in [0.1, 0.15) is 9.71 Å². The number of hydrogen-bond acceptors (Lipinski definition) is 5. The number of carbonyl (C=O) groups is 1. The maximum Gasteiger partial charge on any atom is 0.263 e. The number of fused-ring (bicyclic) bond motifs is 1. The standard InChI is InChI=1S/C21H18N4OS/c1-13-10-16(15-7-3-2-4-8-15)17-18(22)19(27-21(17)25-13)20(26)24-12-14-6-5-9-23-11-14/h2-11H,12,22H2,1H3,(H,24,26). The van der Waals surface area contributed by atoms with Crippen LogP contribution in [-0.4, -0.2) is 15.9 Å². The summed E-state index contributed by atoms with van der Waals surface area (Å²) < 4.78 is 0. The van der Waals surface area contributed by atoms with Crippen LogP contribution in [0.1, 0.15) is 20.9 Å². The molecule has 0 bridgehead atoms. The fraction of sp³-hybridized carbons (Fsp3) is 0.0952. The Morgan fingerprint density at radius 2 is 2.00 bits per heavy atom. The Bertz CT molecular complexity index is 1110. The predicted octanol–water partition coefficient (Wildman–Crippen LogP) is 4.18. The van der Waals surface area contributed by atoms with Crippen molar-refractivity contribution in [1.82, 2.24) is 15.3 Å². The molecule has 134 valence electrons. The average Bonchev–Trinajstić information content (AvgIpc) is 3.03. The zero-order chi connectivity index (χ0) is 18.8. The molecule has 4 aromatic rings. The quantitative estimate of drug-likeness (QED) is 0.561. The van der Waals surface area contributed by atoms with Gasteiger partial charge in [0.15, 0.2) is 0 Å². The fourth-order valence-electron chi connectivity index (χ4n) is 3.02. The van der Waals surface area contributed by atoms with Crippen LogP contribution >= 0.6 is 11.3 Å². The van der Waals surface area contributed by atoms with Gasteiger partial charge in [-0.15, -0.1) is 11.3 Å². The summed E-state index contributed by atoms with van der Waals surface area (Å²) >= 11 is 1.33. The molecule has 1 amide bonds. The number of aryl methyl sites for hydroxylation is 1. The van der Waals surface area contributed by atoms with Gasteiger partial charge in [-0.2, -0.15) is 0 Å². The fourth-order valence-corrected chi connectivity index (χ4v) is 4.11. The van der Waals surface area contributed by atoms with E-state index in [0.717, 1.165) is 32.6 Å². The molecular weight excluding hydrogens is 356 g/mol. The SMILES string of the molecule is Cc1cc(-c2ccccc2)c2c(N)c(C(=O)NCc3cccnc3)sc2n1. The van der Waals surface area contributed by atoms with Crippen LogP contribution in [0.4, 0.5) is 5.69 Å². The zero-order valence-electron chi connectivity index (χ0n) is 14.8. The summed E-state index contributed by atoms with van der Waals surface area (Å²) in [5.41, 5.74) is 10.8. The molecule has 0 aliphatic rings. The highest BCUT2D eigenvalue weighted by atomic mass is 32.1. The number of hydrogen-bond donors (Lipinski definition) is 2. The molecule has 0 unspecified atom stereocenters. The summed E-state index contributed by atoms with van der Waals surface area (Å²) in [6.07, 6.45) is 3.43. The average molecular weight is 374 g/mol. The summed E-state index contributed by atoms with van der Waals surface area (Å²) in [7, 11) is 0. The maximum absolute atomic E-state index is 12.7. The summed E-state index contributed by atoms with van der Waals surface area (Å²) in [5.74, 6) is -0.198. The molecule has 0 saturated heterocycles. The van der Waals surface area contributed by atoms with E-state index in [9.17, 15) is 4.79 Å². The second-order valence-electron chi connectivity index (χ2n) is 6.25. The Labute approximate surface area is 160 Å². The number of rotatable bonds is 4. The lowest BCUT2D eigenvalue weighted by atomic mass is 10.0. The van der Waals surface area contributed by atoms with Crippen molar-refractivity contribution in [3.05, 3.63) is 77.1 Å². The largest absolute Gasteiger partial charge is 0.397 e. The highest BCUT2D eigenvalue weighted by molar-refractivity contribution is 7.21. The van der Waals surface area contributed by atoms with Gasteiger partial charge in [-0.25, -0.2) is 4.98 Å². The van der Waals surface area contributed by atoms with Crippen molar-refractivity contribution in [3.63, 3.8) is 0 Å². The number of pyridine rings is 2. The summed E-state index contributed by atoms with van der Waals surface area (Å²) in [5, 5.41) is 3.75. The van der Waals surface area contributed by atoms with Gasteiger partial charge < -0.3 is 11.1 Å². The number of nitrogen functional groups attached to an aromatic ring is 1. The van der Waals surface area contributed by atoms with Crippen LogP contribution in [0.15, 0.2) is 60.9 Å². The molecule has 3 aromatic heterocycles. The molecule has 3 heterocycles. The van der Waals surface area contributed by atoms with Gasteiger partial charge in [0.2, 0.25) is 0 Å². The van der Waals surface area contributed by atoms with Crippen molar-refractivity contribution in [1.29, 1.82) is 0 Å². The molecule has 0 atom stereocenters. The van der Waals surface area contributed by atoms with Gasteiger partial charge >= 0.3 is 0 Å². The molecule has 1 aromatic carbocycles. The molecule has 0 aliphatic carbocycles. The van der Waals surface area contributed by atoms with Crippen LogP contribution in [0.2, 0.25) is 0 Å². The first-order chi connectivity index (χ1) is 13.1. The molecule has 0 saturated carbocycles. The molecule has 27 heavy (non-hydrogen) atoms. The van der Waals surface area contributed by atoms with Gasteiger partial charge in [0.25, 0.3) is 5.91 Å². The number of nitrogens with one attached hydrogen (secondary N) is 1. The van der Waals surface area contributed by atoms with Crippen molar-refractivity contribution in [3.8, 4) is 11.1 Å². The third-order valence-corrected chi connectivity index (χ3v) is 5.39. The minimum absolute atomic E-state index is 0.198. The Hall–Kier alpha value is -3.25. The minimum atomic E-state index is -0.198. The van der Waals surface area contributed by atoms with Gasteiger partial charge in [0.05, 0.1) is 5.69 Å². The first kappa shape index (κ1) is 17.2. The molecular formula is C21H18N4OS. The van der Waals surface area contributed by atoms with E-state index in [-0.39, 0.29) is 5.91 Å². The molecule has 0 radical (unpaired) electrons. The maximum atomic E-state index is 12.7. The first-order valence-electron chi connectivity index (χ1n) is 8.55. The van der Waals surface area contributed by atoms with E-state index in [0.29, 0.717) is 17.1 Å². The smallest absolute Gasteiger partial charge is 0.263 e. The summed E-state index contributed by atoms with van der Waals surface area (Å²) in [6, 6.07) is 15.8. The Balaban J connectivity index is 1.73. The van der Waals surface area contributed by atoms with E-state index in [1.807, 2.05) is 55.5 Å². The first-order valence-corrected chi connectivity index (χ1v) is 9.37. The Kier molecular flexibility index (Phi) is 4.56. The minimum Gasteiger partial charge on any atom is -0.397 e. The lowest BCUT2D eigenvalue weighted by molar-refractivity contribution is 0.0956. The van der Waals surface area contributed by atoms with E-state index in [1.54, 1.807) is 12.4 Å². The van der Waals surface area contributed by atoms with Crippen LogP contribution in [0.5, 0.6) is 0 Å². The van der Waals surface area contributed by atoms with Crippen LogP contribution in [-0.2, 0) is 6.54 Å². The molecule has 6 heteroatoms. The molecule has 4 rings (SSSR count). The van der Waals surface area contributed by atoms with E-state index < -0.39 is 0 Å². The Morgan fingerprint density at radius 1 is 1.19 bits per heavy atom. The van der Waals surface area contributed by atoms with Crippen molar-refractivity contribution < 1.29 is 4.79 Å². The van der Waals surface area contributed by atoms with Crippen LogP contribution in [0.3, 0.4) is 0 Å².